The molecule has 1 aliphatic heterocycles. The number of rotatable bonds is 9. The van der Waals surface area contributed by atoms with E-state index in [2.05, 4.69) is 75.4 Å². The van der Waals surface area contributed by atoms with E-state index in [1.807, 2.05) is 0 Å². The summed E-state index contributed by atoms with van der Waals surface area (Å²) in [4.78, 5) is 1.65. The highest BCUT2D eigenvalue weighted by Gasteiger charge is 2.41. The lowest BCUT2D eigenvalue weighted by Crippen LogP contribution is -3.10. The van der Waals surface area contributed by atoms with Crippen LogP contribution < -0.4 is 9.64 Å². The molecule has 1 heterocycles. The van der Waals surface area contributed by atoms with Crippen LogP contribution in [-0.4, -0.2) is 32.4 Å². The second-order valence-corrected chi connectivity index (χ2v) is 9.33. The number of hydrogen-bond acceptors (Lipinski definition) is 2. The number of nitrogens with one attached hydrogen (secondary N) is 1. The van der Waals surface area contributed by atoms with Crippen molar-refractivity contribution in [3.05, 3.63) is 65.7 Å². The molecule has 0 bridgehead atoms. The average Bonchev–Trinajstić information content (AvgIpc) is 2.71. The smallest absolute Gasteiger partial charge is 0.118 e. The molecule has 2 atom stereocenters. The van der Waals surface area contributed by atoms with E-state index in [0.29, 0.717) is 5.41 Å². The maximum atomic E-state index is 6.09. The molecule has 3 rings (SSSR count). The van der Waals surface area contributed by atoms with Crippen LogP contribution in [0.1, 0.15) is 51.2 Å². The van der Waals surface area contributed by atoms with Crippen molar-refractivity contribution >= 4 is 0 Å². The highest BCUT2D eigenvalue weighted by Crippen LogP contribution is 2.43. The lowest BCUT2D eigenvalue weighted by molar-refractivity contribution is -0.913. The molecule has 1 N–H and O–H groups in total. The number of methoxy groups -OCH3 is 1. The molecule has 1 unspecified atom stereocenters. The monoisotopic (exact) mass is 396 g/mol. The Bertz CT molecular complexity index is 741. The molecule has 3 heteroatoms. The van der Waals surface area contributed by atoms with Gasteiger partial charge in [0.05, 0.1) is 25.8 Å². The number of benzene rings is 2. The molecule has 3 nitrogen and oxygen atoms in total. The van der Waals surface area contributed by atoms with Crippen LogP contribution in [0.5, 0.6) is 5.75 Å². The number of ether oxygens (including phenoxy) is 2. The quantitative estimate of drug-likeness (QED) is 0.683. The maximum Gasteiger partial charge on any atom is 0.118 e. The average molecular weight is 397 g/mol. The fourth-order valence-electron chi connectivity index (χ4n) is 4.93. The second-order valence-electron chi connectivity index (χ2n) is 9.33. The van der Waals surface area contributed by atoms with Crippen LogP contribution in [0.2, 0.25) is 0 Å². The molecule has 0 aliphatic carbocycles. The summed E-state index contributed by atoms with van der Waals surface area (Å²) in [6.07, 6.45) is 4.69. The zero-order valence-corrected chi connectivity index (χ0v) is 18.7. The van der Waals surface area contributed by atoms with E-state index < -0.39 is 0 Å². The minimum Gasteiger partial charge on any atom is -0.497 e. The Morgan fingerprint density at radius 2 is 1.72 bits per heavy atom. The molecule has 29 heavy (non-hydrogen) atoms. The van der Waals surface area contributed by atoms with Gasteiger partial charge in [0.1, 0.15) is 12.3 Å². The molecule has 1 fully saturated rings. The second kappa shape index (κ2) is 9.77. The summed E-state index contributed by atoms with van der Waals surface area (Å²) in [5, 5.41) is 0. The lowest BCUT2D eigenvalue weighted by atomic mass is 9.68. The molecule has 2 aromatic carbocycles. The van der Waals surface area contributed by atoms with Gasteiger partial charge >= 0.3 is 0 Å². The van der Waals surface area contributed by atoms with Crippen molar-refractivity contribution in [3.63, 3.8) is 0 Å². The van der Waals surface area contributed by atoms with Gasteiger partial charge in [-0.25, -0.2) is 0 Å². The van der Waals surface area contributed by atoms with Gasteiger partial charge in [0.2, 0.25) is 0 Å². The molecular formula is C26H38NO2+. The summed E-state index contributed by atoms with van der Waals surface area (Å²) in [6.45, 7) is 11.1. The van der Waals surface area contributed by atoms with Crippen molar-refractivity contribution in [1.29, 1.82) is 0 Å². The van der Waals surface area contributed by atoms with Gasteiger partial charge in [0.15, 0.2) is 0 Å². The van der Waals surface area contributed by atoms with E-state index in [4.69, 9.17) is 9.47 Å². The predicted molar refractivity (Wildman–Crippen MR) is 120 cm³/mol. The summed E-state index contributed by atoms with van der Waals surface area (Å²) < 4.78 is 11.4. The molecule has 158 valence electrons. The van der Waals surface area contributed by atoms with Crippen LogP contribution in [0.15, 0.2) is 54.6 Å². The third-order valence-corrected chi connectivity index (χ3v) is 6.47. The molecule has 1 saturated heterocycles. The van der Waals surface area contributed by atoms with E-state index in [1.165, 1.54) is 24.1 Å². The highest BCUT2D eigenvalue weighted by atomic mass is 16.5. The van der Waals surface area contributed by atoms with E-state index in [1.54, 1.807) is 12.0 Å². The Balaban J connectivity index is 1.69. The largest absolute Gasteiger partial charge is 0.497 e. The zero-order valence-electron chi connectivity index (χ0n) is 18.7. The van der Waals surface area contributed by atoms with Crippen LogP contribution in [0.4, 0.5) is 0 Å². The molecule has 1 aliphatic rings. The van der Waals surface area contributed by atoms with Gasteiger partial charge < -0.3 is 14.4 Å². The Morgan fingerprint density at radius 1 is 1.00 bits per heavy atom. The van der Waals surface area contributed by atoms with Gasteiger partial charge in [-0.15, -0.1) is 0 Å². The topological polar surface area (TPSA) is 22.9 Å². The summed E-state index contributed by atoms with van der Waals surface area (Å²) in [6, 6.07) is 19.6. The third kappa shape index (κ3) is 6.32. The van der Waals surface area contributed by atoms with Gasteiger partial charge in [-0.3, -0.25) is 0 Å². The minimum atomic E-state index is -0.0323. The number of hydrogen-bond donors (Lipinski definition) is 1. The fraction of sp³-hybridized carbons (Fsp3) is 0.538. The van der Waals surface area contributed by atoms with E-state index >= 15 is 0 Å². The lowest BCUT2D eigenvalue weighted by Gasteiger charge is -2.45. The normalized spacial score (nSPS) is 22.2. The van der Waals surface area contributed by atoms with Crippen molar-refractivity contribution in [3.8, 4) is 5.75 Å². The van der Waals surface area contributed by atoms with E-state index in [-0.39, 0.29) is 5.60 Å². The molecule has 0 aromatic heterocycles. The highest BCUT2D eigenvalue weighted by molar-refractivity contribution is 5.26. The van der Waals surface area contributed by atoms with Crippen molar-refractivity contribution in [2.45, 2.75) is 58.6 Å². The first-order chi connectivity index (χ1) is 13.9. The van der Waals surface area contributed by atoms with Gasteiger partial charge in [0, 0.05) is 18.6 Å². The first kappa shape index (κ1) is 21.9. The van der Waals surface area contributed by atoms with Gasteiger partial charge in [-0.1, -0.05) is 30.3 Å². The van der Waals surface area contributed by atoms with Gasteiger partial charge in [-0.2, -0.15) is 0 Å². The molecule has 0 radical (unpaired) electrons. The van der Waals surface area contributed by atoms with Crippen LogP contribution in [0, 0.1) is 5.41 Å². The first-order valence-electron chi connectivity index (χ1n) is 11.1. The first-order valence-corrected chi connectivity index (χ1v) is 11.1. The molecule has 0 amide bonds. The van der Waals surface area contributed by atoms with Crippen molar-refractivity contribution in [1.82, 2.24) is 0 Å². The Kier molecular flexibility index (Phi) is 7.37. The van der Waals surface area contributed by atoms with Crippen molar-refractivity contribution < 1.29 is 14.4 Å². The standard InChI is InChI=1S/C26H37NO2/c1-5-27(20-23-11-13-24(28-4)14-12-23)17-15-26(16-18-29-25(2,3)21-26)19-22-9-7-6-8-10-22/h6-14H,5,15-21H2,1-4H3/p+1/t26-/m0/s1. The summed E-state index contributed by atoms with van der Waals surface area (Å²) in [7, 11) is 1.72. The fourth-order valence-corrected chi connectivity index (χ4v) is 4.93. The Hall–Kier alpha value is -1.84. The van der Waals surface area contributed by atoms with E-state index in [0.717, 1.165) is 44.7 Å². The van der Waals surface area contributed by atoms with Crippen LogP contribution >= 0.6 is 0 Å². The van der Waals surface area contributed by atoms with Crippen LogP contribution in [0.25, 0.3) is 0 Å². The number of quaternary nitrogens is 1. The summed E-state index contributed by atoms with van der Waals surface area (Å²) in [5.41, 5.74) is 3.13. The predicted octanol–water partition coefficient (Wildman–Crippen LogP) is 4.31. The minimum absolute atomic E-state index is 0.0323. The SMILES string of the molecule is CC[NH+](CC[C@@]1(Cc2ccccc2)CCOC(C)(C)C1)Cc1ccc(OC)cc1. The maximum absolute atomic E-state index is 6.09. The molecular weight excluding hydrogens is 358 g/mol. The molecule has 0 spiro atoms. The summed E-state index contributed by atoms with van der Waals surface area (Å²) >= 11 is 0. The Labute approximate surface area is 177 Å². The van der Waals surface area contributed by atoms with Gasteiger partial charge in [-0.05, 0) is 75.3 Å². The van der Waals surface area contributed by atoms with Crippen molar-refractivity contribution in [2.75, 3.05) is 26.8 Å². The Morgan fingerprint density at radius 3 is 2.34 bits per heavy atom. The zero-order chi connectivity index (χ0) is 20.7. The summed E-state index contributed by atoms with van der Waals surface area (Å²) in [5.74, 6) is 0.929. The van der Waals surface area contributed by atoms with Crippen molar-refractivity contribution in [2.24, 2.45) is 5.41 Å². The molecule has 0 saturated carbocycles. The van der Waals surface area contributed by atoms with Crippen LogP contribution in [-0.2, 0) is 17.7 Å². The molecule has 2 aromatic rings. The van der Waals surface area contributed by atoms with Gasteiger partial charge in [0.25, 0.3) is 0 Å². The van der Waals surface area contributed by atoms with Crippen LogP contribution in [0.3, 0.4) is 0 Å². The van der Waals surface area contributed by atoms with E-state index in [9.17, 15) is 0 Å². The third-order valence-electron chi connectivity index (χ3n) is 6.47.